The Morgan fingerprint density at radius 2 is 2.32 bits per heavy atom. The number of β-amino-alcohol motifs (C(OH)–C–C–N with tert-alkyl or cyclic N) is 1. The number of hydrogen-bond acceptors (Lipinski definition) is 4. The van der Waals surface area contributed by atoms with E-state index in [1.54, 1.807) is 12.4 Å². The van der Waals surface area contributed by atoms with Gasteiger partial charge in [-0.05, 0) is 24.5 Å². The maximum absolute atomic E-state index is 12.6. The van der Waals surface area contributed by atoms with Crippen LogP contribution in [0, 0.1) is 11.8 Å². The summed E-state index contributed by atoms with van der Waals surface area (Å²) in [6, 6.07) is 3.80. The van der Waals surface area contributed by atoms with Gasteiger partial charge in [-0.15, -0.1) is 0 Å². The fourth-order valence-electron chi connectivity index (χ4n) is 3.23. The smallest absolute Gasteiger partial charge is 0.231 e. The van der Waals surface area contributed by atoms with Gasteiger partial charge in [-0.1, -0.05) is 0 Å². The molecule has 1 aromatic rings. The molecule has 0 unspecified atom stereocenters. The van der Waals surface area contributed by atoms with Crippen molar-refractivity contribution >= 4 is 11.6 Å². The van der Waals surface area contributed by atoms with E-state index in [9.17, 15) is 4.79 Å². The van der Waals surface area contributed by atoms with Gasteiger partial charge in [-0.2, -0.15) is 0 Å². The van der Waals surface area contributed by atoms with E-state index < -0.39 is 0 Å². The number of likely N-dealkylation sites (tertiary alicyclic amines) is 1. The largest absolute Gasteiger partial charge is 0.395 e. The molecule has 0 radical (unpaired) electrons. The Morgan fingerprint density at radius 3 is 3.05 bits per heavy atom. The van der Waals surface area contributed by atoms with Crippen molar-refractivity contribution in [3.8, 4) is 0 Å². The number of carbonyl (C=O) groups is 1. The zero-order chi connectivity index (χ0) is 13.2. The highest BCUT2D eigenvalue weighted by Crippen LogP contribution is 2.33. The third-order valence-corrected chi connectivity index (χ3v) is 4.20. The molecule has 5 heteroatoms. The lowest BCUT2D eigenvalue weighted by Gasteiger charge is -2.33. The number of aromatic nitrogens is 1. The molecule has 0 aliphatic carbocycles. The minimum Gasteiger partial charge on any atom is -0.395 e. The van der Waals surface area contributed by atoms with Crippen LogP contribution in [-0.2, 0) is 4.79 Å². The van der Waals surface area contributed by atoms with Crippen LogP contribution in [0.5, 0.6) is 0 Å². The van der Waals surface area contributed by atoms with Crippen LogP contribution in [0.4, 0.5) is 5.69 Å². The average molecular weight is 261 g/mol. The number of aliphatic hydroxyl groups is 1. The highest BCUT2D eigenvalue weighted by molar-refractivity contribution is 5.96. The molecule has 19 heavy (non-hydrogen) atoms. The van der Waals surface area contributed by atoms with Gasteiger partial charge in [0.05, 0.1) is 24.4 Å². The Hall–Kier alpha value is -1.46. The van der Waals surface area contributed by atoms with E-state index in [0.29, 0.717) is 12.5 Å². The van der Waals surface area contributed by atoms with Gasteiger partial charge in [-0.3, -0.25) is 14.7 Å². The van der Waals surface area contributed by atoms with E-state index in [-0.39, 0.29) is 18.4 Å². The van der Waals surface area contributed by atoms with Crippen molar-refractivity contribution in [3.63, 3.8) is 0 Å². The zero-order valence-electron chi connectivity index (χ0n) is 10.9. The number of nitrogens with zero attached hydrogens (tertiary/aromatic N) is 3. The molecule has 1 amide bonds. The number of carbonyl (C=O) groups excluding carboxylic acids is 1. The molecule has 0 bridgehead atoms. The van der Waals surface area contributed by atoms with E-state index in [2.05, 4.69) is 9.88 Å². The van der Waals surface area contributed by atoms with Crippen molar-refractivity contribution in [2.24, 2.45) is 11.8 Å². The summed E-state index contributed by atoms with van der Waals surface area (Å²) in [5.41, 5.74) is 0.895. The number of aliphatic hydroxyl groups excluding tert-OH is 1. The van der Waals surface area contributed by atoms with Crippen LogP contribution in [0.25, 0.3) is 0 Å². The van der Waals surface area contributed by atoms with E-state index >= 15 is 0 Å². The van der Waals surface area contributed by atoms with Gasteiger partial charge in [0, 0.05) is 32.4 Å². The molecule has 2 aliphatic heterocycles. The van der Waals surface area contributed by atoms with E-state index in [1.165, 1.54) is 0 Å². The fraction of sp³-hybridized carbons (Fsp3) is 0.571. The van der Waals surface area contributed by atoms with Gasteiger partial charge in [-0.25, -0.2) is 0 Å². The summed E-state index contributed by atoms with van der Waals surface area (Å²) in [6.45, 7) is 3.34. The lowest BCUT2D eigenvalue weighted by atomic mass is 9.88. The molecule has 3 rings (SSSR count). The molecule has 5 nitrogen and oxygen atoms in total. The highest BCUT2D eigenvalue weighted by Gasteiger charge is 2.42. The number of fused-ring (bicyclic) bond motifs is 1. The van der Waals surface area contributed by atoms with Gasteiger partial charge in [0.1, 0.15) is 0 Å². The molecule has 1 N–H and O–H groups in total. The summed E-state index contributed by atoms with van der Waals surface area (Å²) < 4.78 is 0. The first-order chi connectivity index (χ1) is 9.29. The van der Waals surface area contributed by atoms with Gasteiger partial charge in [0.25, 0.3) is 0 Å². The first-order valence-corrected chi connectivity index (χ1v) is 6.84. The summed E-state index contributed by atoms with van der Waals surface area (Å²) in [7, 11) is 0. The summed E-state index contributed by atoms with van der Waals surface area (Å²) >= 11 is 0. The molecule has 0 saturated carbocycles. The Kier molecular flexibility index (Phi) is 3.48. The first-order valence-electron chi connectivity index (χ1n) is 6.84. The second-order valence-corrected chi connectivity index (χ2v) is 5.34. The third kappa shape index (κ3) is 2.35. The van der Waals surface area contributed by atoms with Crippen molar-refractivity contribution in [3.05, 3.63) is 24.5 Å². The van der Waals surface area contributed by atoms with Gasteiger partial charge < -0.3 is 10.0 Å². The molecule has 2 saturated heterocycles. The quantitative estimate of drug-likeness (QED) is 0.853. The molecule has 102 valence electrons. The Balaban J connectivity index is 1.74. The van der Waals surface area contributed by atoms with Crippen LogP contribution in [0.1, 0.15) is 6.42 Å². The average Bonchev–Trinajstić information content (AvgIpc) is 2.84. The summed E-state index contributed by atoms with van der Waals surface area (Å²) in [4.78, 5) is 20.7. The second-order valence-electron chi connectivity index (χ2n) is 5.34. The lowest BCUT2D eigenvalue weighted by molar-refractivity contribution is -0.124. The molecule has 1 aromatic heterocycles. The predicted octanol–water partition coefficient (Wildman–Crippen LogP) is 0.359. The van der Waals surface area contributed by atoms with Crippen molar-refractivity contribution in [1.29, 1.82) is 0 Å². The van der Waals surface area contributed by atoms with E-state index in [4.69, 9.17) is 5.11 Å². The minimum absolute atomic E-state index is 0.0838. The molecule has 2 aliphatic rings. The third-order valence-electron chi connectivity index (χ3n) is 4.20. The topological polar surface area (TPSA) is 56.7 Å². The van der Waals surface area contributed by atoms with Crippen LogP contribution in [0.3, 0.4) is 0 Å². The summed E-state index contributed by atoms with van der Waals surface area (Å²) in [5, 5.41) is 9.01. The minimum atomic E-state index is 0.0838. The van der Waals surface area contributed by atoms with E-state index in [1.807, 2.05) is 17.0 Å². The summed E-state index contributed by atoms with van der Waals surface area (Å²) in [5.74, 6) is 0.747. The lowest BCUT2D eigenvalue weighted by Crippen LogP contribution is -2.45. The number of rotatable bonds is 3. The first kappa shape index (κ1) is 12.6. The van der Waals surface area contributed by atoms with Crippen LogP contribution in [0.15, 0.2) is 24.5 Å². The van der Waals surface area contributed by atoms with Crippen LogP contribution in [0.2, 0.25) is 0 Å². The Bertz CT molecular complexity index is 451. The van der Waals surface area contributed by atoms with Crippen molar-refractivity contribution in [2.45, 2.75) is 6.42 Å². The van der Waals surface area contributed by atoms with Gasteiger partial charge >= 0.3 is 0 Å². The molecule has 0 spiro atoms. The number of hydrogen-bond donors (Lipinski definition) is 1. The summed E-state index contributed by atoms with van der Waals surface area (Å²) in [6.07, 6.45) is 4.51. The van der Waals surface area contributed by atoms with Crippen molar-refractivity contribution in [1.82, 2.24) is 9.88 Å². The SMILES string of the molecule is O=C1[C@H]2CN(CCO)C[C@@H]2CCN1c1cccnc1. The maximum Gasteiger partial charge on any atom is 0.231 e. The monoisotopic (exact) mass is 261 g/mol. The van der Waals surface area contributed by atoms with Gasteiger partial charge in [0.15, 0.2) is 0 Å². The maximum atomic E-state index is 12.6. The normalized spacial score (nSPS) is 27.6. The number of amides is 1. The number of anilines is 1. The molecule has 3 heterocycles. The molecule has 2 fully saturated rings. The zero-order valence-corrected chi connectivity index (χ0v) is 10.9. The van der Waals surface area contributed by atoms with E-state index in [0.717, 1.165) is 31.7 Å². The Morgan fingerprint density at radius 1 is 1.42 bits per heavy atom. The van der Waals surface area contributed by atoms with Crippen LogP contribution in [-0.4, -0.2) is 53.7 Å². The second kappa shape index (κ2) is 5.27. The van der Waals surface area contributed by atoms with Crippen molar-refractivity contribution in [2.75, 3.05) is 37.7 Å². The number of piperidine rings is 1. The molecule has 2 atom stereocenters. The molecular formula is C14H19N3O2. The Labute approximate surface area is 112 Å². The number of pyridine rings is 1. The molecular weight excluding hydrogens is 242 g/mol. The molecule has 0 aromatic carbocycles. The van der Waals surface area contributed by atoms with Crippen molar-refractivity contribution < 1.29 is 9.90 Å². The fourth-order valence-corrected chi connectivity index (χ4v) is 3.23. The predicted molar refractivity (Wildman–Crippen MR) is 71.7 cm³/mol. The van der Waals surface area contributed by atoms with Gasteiger partial charge in [0.2, 0.25) is 5.91 Å². The highest BCUT2D eigenvalue weighted by atomic mass is 16.3. The van der Waals surface area contributed by atoms with Crippen LogP contribution < -0.4 is 4.90 Å². The standard InChI is InChI=1S/C14H19N3O2/c18-7-6-16-9-11-3-5-17(14(19)13(11)10-16)12-2-1-4-15-8-12/h1-2,4,8,11,13,18H,3,5-7,9-10H2/t11-,13-/m0/s1. The van der Waals surface area contributed by atoms with Crippen LogP contribution >= 0.6 is 0 Å².